The summed E-state index contributed by atoms with van der Waals surface area (Å²) in [5.41, 5.74) is 1.18. The van der Waals surface area contributed by atoms with Crippen molar-refractivity contribution in [2.45, 2.75) is 24.6 Å². The fourth-order valence-corrected chi connectivity index (χ4v) is 4.42. The first kappa shape index (κ1) is 18.9. The monoisotopic (exact) mass is 407 g/mol. The van der Waals surface area contributed by atoms with Gasteiger partial charge in [-0.15, -0.1) is 0 Å². The first-order valence-corrected chi connectivity index (χ1v) is 9.20. The maximum absolute atomic E-state index is 13.6. The first-order chi connectivity index (χ1) is 13.3. The molecule has 0 aromatic heterocycles. The zero-order chi connectivity index (χ0) is 20.1. The Kier molecular flexibility index (Phi) is 4.62. The number of halogens is 4. The van der Waals surface area contributed by atoms with Gasteiger partial charge in [0.2, 0.25) is 0 Å². The van der Waals surface area contributed by atoms with Crippen LogP contribution in [0.1, 0.15) is 45.4 Å². The van der Waals surface area contributed by atoms with Crippen LogP contribution in [-0.2, 0) is 10.9 Å². The summed E-state index contributed by atoms with van der Waals surface area (Å²) in [4.78, 5) is 11.7. The van der Waals surface area contributed by atoms with E-state index in [0.717, 1.165) is 11.6 Å². The fourth-order valence-electron chi connectivity index (χ4n) is 4.20. The highest BCUT2D eigenvalue weighted by Crippen LogP contribution is 2.54. The number of nitrogens with one attached hydrogen (secondary N) is 1. The summed E-state index contributed by atoms with van der Waals surface area (Å²) >= 11 is 6.28. The third kappa shape index (κ3) is 3.05. The molecule has 2 aromatic rings. The van der Waals surface area contributed by atoms with Crippen molar-refractivity contribution in [1.29, 1.82) is 0 Å². The van der Waals surface area contributed by atoms with E-state index in [4.69, 9.17) is 16.3 Å². The Morgan fingerprint density at radius 3 is 2.54 bits per heavy atom. The number of fused-ring (bicyclic) bond motifs is 3. The molecule has 0 bridgehead atoms. The van der Waals surface area contributed by atoms with Crippen LogP contribution in [0.2, 0.25) is 5.02 Å². The maximum Gasteiger partial charge on any atom is 0.416 e. The number of esters is 1. The Morgan fingerprint density at radius 2 is 1.89 bits per heavy atom. The molecular formula is C21H17ClF3NO2. The molecule has 3 nitrogen and oxygen atoms in total. The second kappa shape index (κ2) is 6.85. The van der Waals surface area contributed by atoms with Crippen LogP contribution in [0.25, 0.3) is 0 Å². The molecular weight excluding hydrogens is 391 g/mol. The van der Waals surface area contributed by atoms with Crippen LogP contribution < -0.4 is 5.32 Å². The molecule has 3 atom stereocenters. The SMILES string of the molecule is COC(=O)c1ccc([C@@H]2Nc3c(Cl)ccc(C(F)(F)F)c3[C@H]3C=CC[C@H]32)cc1. The van der Waals surface area contributed by atoms with E-state index < -0.39 is 17.7 Å². The third-order valence-electron chi connectivity index (χ3n) is 5.47. The van der Waals surface area contributed by atoms with E-state index in [-0.39, 0.29) is 28.5 Å². The quantitative estimate of drug-likeness (QED) is 0.492. The topological polar surface area (TPSA) is 38.3 Å². The normalized spacial score (nSPS) is 23.0. The number of carbonyl (C=O) groups excluding carboxylic acids is 1. The lowest BCUT2D eigenvalue weighted by atomic mass is 9.75. The van der Waals surface area contributed by atoms with Gasteiger partial charge in [-0.05, 0) is 47.7 Å². The molecule has 7 heteroatoms. The van der Waals surface area contributed by atoms with Gasteiger partial charge in [0, 0.05) is 5.92 Å². The van der Waals surface area contributed by atoms with Crippen molar-refractivity contribution in [2.75, 3.05) is 12.4 Å². The van der Waals surface area contributed by atoms with Crippen molar-refractivity contribution >= 4 is 23.3 Å². The van der Waals surface area contributed by atoms with E-state index in [1.807, 2.05) is 12.2 Å². The van der Waals surface area contributed by atoms with Gasteiger partial charge in [-0.3, -0.25) is 0 Å². The minimum Gasteiger partial charge on any atom is -0.465 e. The molecule has 2 aromatic carbocycles. The summed E-state index contributed by atoms with van der Waals surface area (Å²) in [6, 6.07) is 9.02. The Morgan fingerprint density at radius 1 is 1.18 bits per heavy atom. The molecule has 1 aliphatic carbocycles. The number of hydrogen-bond donors (Lipinski definition) is 1. The number of hydrogen-bond acceptors (Lipinski definition) is 3. The van der Waals surface area contributed by atoms with Crippen molar-refractivity contribution in [2.24, 2.45) is 5.92 Å². The maximum atomic E-state index is 13.6. The molecule has 0 saturated heterocycles. The lowest BCUT2D eigenvalue weighted by molar-refractivity contribution is -0.138. The molecule has 0 unspecified atom stereocenters. The van der Waals surface area contributed by atoms with Gasteiger partial charge in [0.05, 0.1) is 35.0 Å². The molecule has 4 rings (SSSR count). The summed E-state index contributed by atoms with van der Waals surface area (Å²) in [6.45, 7) is 0. The molecule has 0 amide bonds. The lowest BCUT2D eigenvalue weighted by Gasteiger charge is -2.39. The number of rotatable bonds is 2. The van der Waals surface area contributed by atoms with E-state index in [2.05, 4.69) is 5.32 Å². The number of allylic oxidation sites excluding steroid dienone is 2. The highest BCUT2D eigenvalue weighted by molar-refractivity contribution is 6.33. The minimum absolute atomic E-state index is 0.0731. The van der Waals surface area contributed by atoms with Gasteiger partial charge < -0.3 is 10.1 Å². The van der Waals surface area contributed by atoms with Crippen LogP contribution in [0.15, 0.2) is 48.6 Å². The van der Waals surface area contributed by atoms with Gasteiger partial charge >= 0.3 is 12.1 Å². The molecule has 1 aliphatic heterocycles. The van der Waals surface area contributed by atoms with Gasteiger partial charge in [0.15, 0.2) is 0 Å². The summed E-state index contributed by atoms with van der Waals surface area (Å²) in [6.07, 6.45) is -0.0363. The smallest absolute Gasteiger partial charge is 0.416 e. The molecule has 1 heterocycles. The number of benzene rings is 2. The minimum atomic E-state index is -4.45. The molecule has 0 radical (unpaired) electrons. The summed E-state index contributed by atoms with van der Waals surface area (Å²) in [7, 11) is 1.31. The van der Waals surface area contributed by atoms with E-state index in [1.165, 1.54) is 13.2 Å². The number of ether oxygens (including phenoxy) is 1. The van der Waals surface area contributed by atoms with E-state index in [9.17, 15) is 18.0 Å². The van der Waals surface area contributed by atoms with Crippen LogP contribution in [-0.4, -0.2) is 13.1 Å². The summed E-state index contributed by atoms with van der Waals surface area (Å²) in [5.74, 6) is -0.889. The summed E-state index contributed by atoms with van der Waals surface area (Å²) in [5, 5.41) is 3.50. The van der Waals surface area contributed by atoms with Crippen LogP contribution in [0, 0.1) is 5.92 Å². The predicted molar refractivity (Wildman–Crippen MR) is 101 cm³/mol. The van der Waals surface area contributed by atoms with Crippen molar-refractivity contribution in [3.63, 3.8) is 0 Å². The second-order valence-electron chi connectivity index (χ2n) is 6.97. The Balaban J connectivity index is 1.78. The van der Waals surface area contributed by atoms with Crippen LogP contribution in [0.4, 0.5) is 18.9 Å². The molecule has 0 fully saturated rings. The zero-order valence-electron chi connectivity index (χ0n) is 14.9. The van der Waals surface area contributed by atoms with Crippen molar-refractivity contribution in [3.8, 4) is 0 Å². The Bertz CT molecular complexity index is 953. The van der Waals surface area contributed by atoms with Crippen molar-refractivity contribution < 1.29 is 22.7 Å². The van der Waals surface area contributed by atoms with Crippen molar-refractivity contribution in [3.05, 3.63) is 75.8 Å². The second-order valence-corrected chi connectivity index (χ2v) is 7.38. The summed E-state index contributed by atoms with van der Waals surface area (Å²) < 4.78 is 45.5. The largest absolute Gasteiger partial charge is 0.465 e. The van der Waals surface area contributed by atoms with Gasteiger partial charge in [-0.1, -0.05) is 35.9 Å². The number of alkyl halides is 3. The average Bonchev–Trinajstić information content (AvgIpc) is 3.16. The third-order valence-corrected chi connectivity index (χ3v) is 5.78. The standard InChI is InChI=1S/C21H17ClF3NO2/c1-28-20(27)12-7-5-11(6-8-12)18-14-4-2-3-13(14)17-15(21(23,24)25)9-10-16(22)19(17)26-18/h2-3,5-10,13-14,18,26H,4H2,1H3/t13-,14+,18-/m0/s1. The number of carbonyl (C=O) groups is 1. The molecule has 0 saturated carbocycles. The molecule has 28 heavy (non-hydrogen) atoms. The van der Waals surface area contributed by atoms with Crippen LogP contribution in [0.3, 0.4) is 0 Å². The van der Waals surface area contributed by atoms with Crippen LogP contribution >= 0.6 is 11.6 Å². The predicted octanol–water partition coefficient (Wildman–Crippen LogP) is 5.97. The van der Waals surface area contributed by atoms with Gasteiger partial charge in [-0.2, -0.15) is 13.2 Å². The van der Waals surface area contributed by atoms with E-state index in [0.29, 0.717) is 17.7 Å². The fraction of sp³-hybridized carbons (Fsp3) is 0.286. The molecule has 146 valence electrons. The lowest BCUT2D eigenvalue weighted by Crippen LogP contribution is -2.31. The highest BCUT2D eigenvalue weighted by atomic mass is 35.5. The van der Waals surface area contributed by atoms with E-state index in [1.54, 1.807) is 24.3 Å². The Hall–Kier alpha value is -2.47. The number of anilines is 1. The molecule has 0 spiro atoms. The zero-order valence-corrected chi connectivity index (χ0v) is 15.6. The average molecular weight is 408 g/mol. The first-order valence-electron chi connectivity index (χ1n) is 8.82. The van der Waals surface area contributed by atoms with E-state index >= 15 is 0 Å². The van der Waals surface area contributed by atoms with Gasteiger partial charge in [-0.25, -0.2) is 4.79 Å². The van der Waals surface area contributed by atoms with Crippen molar-refractivity contribution in [1.82, 2.24) is 0 Å². The molecule has 2 aliphatic rings. The molecule has 1 N–H and O–H groups in total. The van der Waals surface area contributed by atoms with Gasteiger partial charge in [0.25, 0.3) is 0 Å². The Labute approximate surface area is 165 Å². The highest BCUT2D eigenvalue weighted by Gasteiger charge is 2.44. The van der Waals surface area contributed by atoms with Crippen LogP contribution in [0.5, 0.6) is 0 Å². The number of methoxy groups -OCH3 is 1. The van der Waals surface area contributed by atoms with Gasteiger partial charge in [0.1, 0.15) is 0 Å².